The average Bonchev–Trinajstić information content (AvgIpc) is 3.03. The van der Waals surface area contributed by atoms with E-state index in [0.29, 0.717) is 19.8 Å². The molecule has 1 heterocycles. The summed E-state index contributed by atoms with van der Waals surface area (Å²) in [7, 11) is 0. The molecular formula is C18H20N2O3. The van der Waals surface area contributed by atoms with Gasteiger partial charge in [0.25, 0.3) is 0 Å². The zero-order valence-corrected chi connectivity index (χ0v) is 12.8. The minimum Gasteiger partial charge on any atom is -0.392 e. The summed E-state index contributed by atoms with van der Waals surface area (Å²) in [5, 5.41) is 14.7. The van der Waals surface area contributed by atoms with Crippen LogP contribution in [0.5, 0.6) is 0 Å². The number of rotatable bonds is 5. The summed E-state index contributed by atoms with van der Waals surface area (Å²) in [6.45, 7) is 1.86. The Bertz CT molecular complexity index is 683. The van der Waals surface area contributed by atoms with Crippen LogP contribution in [0.15, 0.2) is 42.5 Å². The summed E-state index contributed by atoms with van der Waals surface area (Å²) in [5.74, 6) is 0. The van der Waals surface area contributed by atoms with Gasteiger partial charge in [0, 0.05) is 12.2 Å². The quantitative estimate of drug-likeness (QED) is 0.794. The maximum atomic E-state index is 11.9. The van der Waals surface area contributed by atoms with Crippen molar-refractivity contribution in [1.82, 2.24) is 5.32 Å². The van der Waals surface area contributed by atoms with Gasteiger partial charge < -0.3 is 20.5 Å². The van der Waals surface area contributed by atoms with Crippen LogP contribution < -0.4 is 10.6 Å². The minimum atomic E-state index is -0.212. The fraction of sp³-hybridized carbons (Fsp3) is 0.278. The van der Waals surface area contributed by atoms with Crippen LogP contribution in [0.2, 0.25) is 0 Å². The number of nitrogens with one attached hydrogen (secondary N) is 2. The van der Waals surface area contributed by atoms with Gasteiger partial charge in [-0.25, -0.2) is 4.79 Å². The van der Waals surface area contributed by atoms with Gasteiger partial charge in [-0.3, -0.25) is 0 Å². The van der Waals surface area contributed by atoms with E-state index in [9.17, 15) is 4.79 Å². The summed E-state index contributed by atoms with van der Waals surface area (Å²) in [4.78, 5) is 11.9. The fourth-order valence-electron chi connectivity index (χ4n) is 2.56. The van der Waals surface area contributed by atoms with Gasteiger partial charge in [-0.15, -0.1) is 0 Å². The van der Waals surface area contributed by atoms with Crippen molar-refractivity contribution in [3.8, 4) is 0 Å². The van der Waals surface area contributed by atoms with Crippen molar-refractivity contribution in [1.29, 1.82) is 0 Å². The molecule has 2 aromatic rings. The van der Waals surface area contributed by atoms with Crippen molar-refractivity contribution < 1.29 is 14.6 Å². The topological polar surface area (TPSA) is 70.6 Å². The predicted molar refractivity (Wildman–Crippen MR) is 88.0 cm³/mol. The molecule has 5 nitrogen and oxygen atoms in total. The minimum absolute atomic E-state index is 0.0484. The molecule has 0 bridgehead atoms. The van der Waals surface area contributed by atoms with Crippen LogP contribution in [0, 0.1) is 0 Å². The number of amides is 2. The standard InChI is InChI=1S/C18H20N2O3/c21-10-14-3-1-13(2-4-14)7-8-19-18(22)20-17-6-5-15-11-23-12-16(15)9-17/h1-6,9,21H,7-8,10-12H2,(H2,19,20,22). The van der Waals surface area contributed by atoms with E-state index in [1.165, 1.54) is 5.56 Å². The molecule has 0 radical (unpaired) electrons. The van der Waals surface area contributed by atoms with E-state index in [0.717, 1.165) is 28.8 Å². The molecule has 23 heavy (non-hydrogen) atoms. The van der Waals surface area contributed by atoms with Gasteiger partial charge >= 0.3 is 6.03 Å². The fourth-order valence-corrected chi connectivity index (χ4v) is 2.56. The monoisotopic (exact) mass is 312 g/mol. The van der Waals surface area contributed by atoms with E-state index in [2.05, 4.69) is 10.6 Å². The Morgan fingerprint density at radius 2 is 1.78 bits per heavy atom. The highest BCUT2D eigenvalue weighted by molar-refractivity contribution is 5.89. The Morgan fingerprint density at radius 1 is 1.04 bits per heavy atom. The molecule has 1 aliphatic heterocycles. The lowest BCUT2D eigenvalue weighted by molar-refractivity contribution is 0.134. The van der Waals surface area contributed by atoms with E-state index in [-0.39, 0.29) is 12.6 Å². The number of fused-ring (bicyclic) bond motifs is 1. The lowest BCUT2D eigenvalue weighted by Gasteiger charge is -2.09. The number of aliphatic hydroxyl groups is 1. The molecule has 0 saturated heterocycles. The van der Waals surface area contributed by atoms with Gasteiger partial charge in [0.15, 0.2) is 0 Å². The summed E-state index contributed by atoms with van der Waals surface area (Å²) >= 11 is 0. The third-order valence-corrected chi connectivity index (χ3v) is 3.88. The van der Waals surface area contributed by atoms with Crippen LogP contribution in [0.3, 0.4) is 0 Å². The van der Waals surface area contributed by atoms with E-state index in [1.807, 2.05) is 42.5 Å². The van der Waals surface area contributed by atoms with E-state index >= 15 is 0 Å². The molecule has 3 N–H and O–H groups in total. The van der Waals surface area contributed by atoms with E-state index in [4.69, 9.17) is 9.84 Å². The zero-order chi connectivity index (χ0) is 16.1. The first-order valence-electron chi connectivity index (χ1n) is 7.67. The molecule has 0 saturated carbocycles. The SMILES string of the molecule is O=C(NCCc1ccc(CO)cc1)Nc1ccc2c(c1)COC2. The van der Waals surface area contributed by atoms with Crippen molar-refractivity contribution in [2.45, 2.75) is 26.2 Å². The third-order valence-electron chi connectivity index (χ3n) is 3.88. The number of hydrogen-bond donors (Lipinski definition) is 3. The van der Waals surface area contributed by atoms with Crippen LogP contribution in [0.1, 0.15) is 22.3 Å². The second-order valence-corrected chi connectivity index (χ2v) is 5.58. The maximum Gasteiger partial charge on any atom is 0.319 e. The summed E-state index contributed by atoms with van der Waals surface area (Å²) < 4.78 is 5.36. The first kappa shape index (κ1) is 15.5. The lowest BCUT2D eigenvalue weighted by atomic mass is 10.1. The Morgan fingerprint density at radius 3 is 2.57 bits per heavy atom. The molecule has 2 aromatic carbocycles. The first-order valence-corrected chi connectivity index (χ1v) is 7.67. The number of urea groups is 1. The zero-order valence-electron chi connectivity index (χ0n) is 12.8. The number of carbonyl (C=O) groups excluding carboxylic acids is 1. The second-order valence-electron chi connectivity index (χ2n) is 5.58. The highest BCUT2D eigenvalue weighted by Crippen LogP contribution is 2.23. The number of benzene rings is 2. The van der Waals surface area contributed by atoms with Gasteiger partial charge in [-0.1, -0.05) is 30.3 Å². The molecule has 0 aliphatic carbocycles. The van der Waals surface area contributed by atoms with Crippen LogP contribution in [-0.2, 0) is 31.0 Å². The molecule has 3 rings (SSSR count). The Hall–Kier alpha value is -2.37. The number of aliphatic hydroxyl groups excluding tert-OH is 1. The highest BCUT2D eigenvalue weighted by atomic mass is 16.5. The van der Waals surface area contributed by atoms with E-state index in [1.54, 1.807) is 0 Å². The van der Waals surface area contributed by atoms with Crippen molar-refractivity contribution in [2.75, 3.05) is 11.9 Å². The summed E-state index contributed by atoms with van der Waals surface area (Å²) in [6.07, 6.45) is 0.747. The molecule has 120 valence electrons. The number of hydrogen-bond acceptors (Lipinski definition) is 3. The third kappa shape index (κ3) is 4.09. The summed E-state index contributed by atoms with van der Waals surface area (Å²) in [6, 6.07) is 13.3. The molecular weight excluding hydrogens is 292 g/mol. The van der Waals surface area contributed by atoms with Gasteiger partial charge in [-0.2, -0.15) is 0 Å². The Labute approximate surface area is 135 Å². The molecule has 0 fully saturated rings. The van der Waals surface area contributed by atoms with Gasteiger partial charge in [0.2, 0.25) is 0 Å². The van der Waals surface area contributed by atoms with Crippen LogP contribution >= 0.6 is 0 Å². The summed E-state index contributed by atoms with van der Waals surface area (Å²) in [5.41, 5.74) is 5.10. The first-order chi connectivity index (χ1) is 11.2. The van der Waals surface area contributed by atoms with Gasteiger partial charge in [0.1, 0.15) is 0 Å². The van der Waals surface area contributed by atoms with Gasteiger partial charge in [-0.05, 0) is 40.8 Å². The second kappa shape index (κ2) is 7.26. The molecule has 0 atom stereocenters. The smallest absolute Gasteiger partial charge is 0.319 e. The van der Waals surface area contributed by atoms with Crippen molar-refractivity contribution in [3.63, 3.8) is 0 Å². The Kier molecular flexibility index (Phi) is 4.90. The Balaban J connectivity index is 1.46. The number of ether oxygens (including phenoxy) is 1. The highest BCUT2D eigenvalue weighted by Gasteiger charge is 2.12. The molecule has 0 aromatic heterocycles. The average molecular weight is 312 g/mol. The maximum absolute atomic E-state index is 11.9. The van der Waals surface area contributed by atoms with Crippen molar-refractivity contribution in [3.05, 3.63) is 64.7 Å². The molecule has 0 spiro atoms. The van der Waals surface area contributed by atoms with E-state index < -0.39 is 0 Å². The molecule has 1 aliphatic rings. The van der Waals surface area contributed by atoms with Gasteiger partial charge in [0.05, 0.1) is 19.8 Å². The normalized spacial score (nSPS) is 12.7. The lowest BCUT2D eigenvalue weighted by Crippen LogP contribution is -2.30. The largest absolute Gasteiger partial charge is 0.392 e. The molecule has 5 heteroatoms. The van der Waals surface area contributed by atoms with Crippen molar-refractivity contribution >= 4 is 11.7 Å². The van der Waals surface area contributed by atoms with Crippen molar-refractivity contribution in [2.24, 2.45) is 0 Å². The molecule has 2 amide bonds. The number of carbonyl (C=O) groups is 1. The molecule has 0 unspecified atom stereocenters. The van der Waals surface area contributed by atoms with Crippen LogP contribution in [-0.4, -0.2) is 17.7 Å². The van der Waals surface area contributed by atoms with Crippen LogP contribution in [0.4, 0.5) is 10.5 Å². The van der Waals surface area contributed by atoms with Crippen LogP contribution in [0.25, 0.3) is 0 Å². The number of anilines is 1. The predicted octanol–water partition coefficient (Wildman–Crippen LogP) is 2.57.